The lowest BCUT2D eigenvalue weighted by Gasteiger charge is -2.38. The summed E-state index contributed by atoms with van der Waals surface area (Å²) in [7, 11) is 0. The van der Waals surface area contributed by atoms with Crippen LogP contribution in [-0.4, -0.2) is 28.2 Å². The predicted octanol–water partition coefficient (Wildman–Crippen LogP) is 1.92. The Balaban J connectivity index is 1.81. The molecule has 18 heavy (non-hydrogen) atoms. The lowest BCUT2D eigenvalue weighted by molar-refractivity contribution is 0.00817. The van der Waals surface area contributed by atoms with Crippen LogP contribution in [0.5, 0.6) is 0 Å². The molecule has 0 unspecified atom stereocenters. The molecule has 0 aromatic heterocycles. The number of nitriles is 1. The molecular formula is C15H18N2O. The number of nitrogens with zero attached hydrogens (tertiary/aromatic N) is 2. The lowest BCUT2D eigenvalue weighted by atomic mass is 9.97. The number of hydrogen-bond donors (Lipinski definition) is 1. The summed E-state index contributed by atoms with van der Waals surface area (Å²) < 4.78 is 0. The first-order valence-corrected chi connectivity index (χ1v) is 6.67. The molecule has 0 amide bonds. The fourth-order valence-electron chi connectivity index (χ4n) is 3.48. The minimum atomic E-state index is -0.261. The van der Waals surface area contributed by atoms with Crippen molar-refractivity contribution >= 4 is 0 Å². The summed E-state index contributed by atoms with van der Waals surface area (Å²) in [6.07, 6.45) is 2.36. The van der Waals surface area contributed by atoms with Crippen LogP contribution in [0, 0.1) is 17.2 Å². The molecule has 0 radical (unpaired) electrons. The van der Waals surface area contributed by atoms with Gasteiger partial charge in [0.05, 0.1) is 18.1 Å². The Morgan fingerprint density at radius 3 is 2.72 bits per heavy atom. The van der Waals surface area contributed by atoms with Crippen LogP contribution < -0.4 is 0 Å². The van der Waals surface area contributed by atoms with Crippen LogP contribution in [0.25, 0.3) is 0 Å². The second kappa shape index (κ2) is 4.72. The number of rotatable bonds is 2. The van der Waals surface area contributed by atoms with E-state index in [1.807, 2.05) is 18.2 Å². The van der Waals surface area contributed by atoms with Crippen molar-refractivity contribution in [2.75, 3.05) is 0 Å². The predicted molar refractivity (Wildman–Crippen MR) is 68.5 cm³/mol. The van der Waals surface area contributed by atoms with E-state index in [9.17, 15) is 10.4 Å². The molecule has 4 atom stereocenters. The molecule has 3 rings (SSSR count). The van der Waals surface area contributed by atoms with Crippen molar-refractivity contribution in [2.45, 2.75) is 44.0 Å². The van der Waals surface area contributed by atoms with Gasteiger partial charge in [-0.15, -0.1) is 0 Å². The maximum atomic E-state index is 10.1. The molecule has 3 nitrogen and oxygen atoms in total. The minimum absolute atomic E-state index is 0.0934. The summed E-state index contributed by atoms with van der Waals surface area (Å²) in [5, 5.41) is 19.3. The second-order valence-electron chi connectivity index (χ2n) is 5.41. The minimum Gasteiger partial charge on any atom is -0.391 e. The Morgan fingerprint density at radius 1 is 1.22 bits per heavy atom. The van der Waals surface area contributed by atoms with Gasteiger partial charge in [0.25, 0.3) is 0 Å². The average Bonchev–Trinajstić information content (AvgIpc) is 2.65. The van der Waals surface area contributed by atoms with Gasteiger partial charge in [-0.2, -0.15) is 5.26 Å². The van der Waals surface area contributed by atoms with E-state index in [0.29, 0.717) is 6.04 Å². The van der Waals surface area contributed by atoms with Gasteiger partial charge in [0.2, 0.25) is 0 Å². The molecule has 3 heteroatoms. The molecule has 0 spiro atoms. The van der Waals surface area contributed by atoms with Crippen molar-refractivity contribution < 1.29 is 5.11 Å². The summed E-state index contributed by atoms with van der Waals surface area (Å²) in [6, 6.07) is 13.3. The van der Waals surface area contributed by atoms with Gasteiger partial charge in [-0.25, -0.2) is 0 Å². The topological polar surface area (TPSA) is 47.3 Å². The highest BCUT2D eigenvalue weighted by Crippen LogP contribution is 2.40. The molecule has 0 aliphatic carbocycles. The van der Waals surface area contributed by atoms with Crippen LogP contribution in [0.15, 0.2) is 30.3 Å². The van der Waals surface area contributed by atoms with Crippen LogP contribution in [-0.2, 0) is 6.54 Å². The van der Waals surface area contributed by atoms with E-state index < -0.39 is 0 Å². The molecule has 2 saturated heterocycles. The first-order valence-electron chi connectivity index (χ1n) is 6.67. The molecule has 2 bridgehead atoms. The van der Waals surface area contributed by atoms with Gasteiger partial charge in [0.1, 0.15) is 0 Å². The van der Waals surface area contributed by atoms with Gasteiger partial charge in [-0.05, 0) is 24.8 Å². The first-order chi connectivity index (χ1) is 8.79. The summed E-state index contributed by atoms with van der Waals surface area (Å²) in [5.74, 6) is 0.0934. The molecule has 1 aromatic carbocycles. The number of aliphatic hydroxyl groups excluding tert-OH is 1. The Bertz CT molecular complexity index is 453. The summed E-state index contributed by atoms with van der Waals surface area (Å²) in [4.78, 5) is 2.34. The summed E-state index contributed by atoms with van der Waals surface area (Å²) >= 11 is 0. The van der Waals surface area contributed by atoms with E-state index in [0.717, 1.165) is 25.8 Å². The molecule has 2 aliphatic heterocycles. The molecule has 94 valence electrons. The van der Waals surface area contributed by atoms with Crippen molar-refractivity contribution in [1.82, 2.24) is 4.90 Å². The molecule has 1 aromatic rings. The highest BCUT2D eigenvalue weighted by atomic mass is 16.3. The van der Waals surface area contributed by atoms with Gasteiger partial charge in [-0.3, -0.25) is 4.90 Å². The number of piperidine rings is 1. The van der Waals surface area contributed by atoms with Gasteiger partial charge in [-0.1, -0.05) is 30.3 Å². The zero-order valence-corrected chi connectivity index (χ0v) is 10.4. The SMILES string of the molecule is N#C[C@@H]1C[C@@H]2[C@H](O)CC[C@H]1N2Cc1ccccc1. The molecular weight excluding hydrogens is 224 g/mol. The number of hydrogen-bond acceptors (Lipinski definition) is 3. The first kappa shape index (κ1) is 11.7. The van der Waals surface area contributed by atoms with Crippen molar-refractivity contribution in [3.8, 4) is 6.07 Å². The number of fused-ring (bicyclic) bond motifs is 2. The van der Waals surface area contributed by atoms with E-state index >= 15 is 0 Å². The Labute approximate surface area is 108 Å². The number of benzene rings is 1. The zero-order valence-electron chi connectivity index (χ0n) is 10.4. The van der Waals surface area contributed by atoms with Crippen LogP contribution in [0.4, 0.5) is 0 Å². The van der Waals surface area contributed by atoms with Crippen LogP contribution in [0.3, 0.4) is 0 Å². The maximum absolute atomic E-state index is 10.1. The van der Waals surface area contributed by atoms with Gasteiger partial charge >= 0.3 is 0 Å². The Kier molecular flexibility index (Phi) is 3.07. The van der Waals surface area contributed by atoms with Crippen molar-refractivity contribution in [3.63, 3.8) is 0 Å². The van der Waals surface area contributed by atoms with Gasteiger partial charge in [0.15, 0.2) is 0 Å². The fraction of sp³-hybridized carbons (Fsp3) is 0.533. The number of aliphatic hydroxyl groups is 1. The smallest absolute Gasteiger partial charge is 0.0696 e. The molecule has 2 aliphatic rings. The molecule has 2 fully saturated rings. The van der Waals surface area contributed by atoms with Crippen molar-refractivity contribution in [2.24, 2.45) is 5.92 Å². The highest BCUT2D eigenvalue weighted by Gasteiger charge is 2.47. The molecule has 0 saturated carbocycles. The highest BCUT2D eigenvalue weighted by molar-refractivity contribution is 5.17. The monoisotopic (exact) mass is 242 g/mol. The van der Waals surface area contributed by atoms with Crippen LogP contribution >= 0.6 is 0 Å². The van der Waals surface area contributed by atoms with E-state index in [1.54, 1.807) is 0 Å². The largest absolute Gasteiger partial charge is 0.391 e. The van der Waals surface area contributed by atoms with E-state index in [1.165, 1.54) is 5.56 Å². The maximum Gasteiger partial charge on any atom is 0.0696 e. The third-order valence-electron chi connectivity index (χ3n) is 4.39. The van der Waals surface area contributed by atoms with Crippen LogP contribution in [0.1, 0.15) is 24.8 Å². The van der Waals surface area contributed by atoms with E-state index in [-0.39, 0.29) is 18.1 Å². The third-order valence-corrected chi connectivity index (χ3v) is 4.39. The van der Waals surface area contributed by atoms with E-state index in [2.05, 4.69) is 23.1 Å². The van der Waals surface area contributed by atoms with Crippen molar-refractivity contribution in [3.05, 3.63) is 35.9 Å². The average molecular weight is 242 g/mol. The second-order valence-corrected chi connectivity index (χ2v) is 5.41. The normalized spacial score (nSPS) is 35.3. The summed E-state index contributed by atoms with van der Waals surface area (Å²) in [5.41, 5.74) is 1.26. The molecule has 2 heterocycles. The molecule has 1 N–H and O–H groups in total. The van der Waals surface area contributed by atoms with Crippen LogP contribution in [0.2, 0.25) is 0 Å². The van der Waals surface area contributed by atoms with Gasteiger partial charge in [0, 0.05) is 18.6 Å². The lowest BCUT2D eigenvalue weighted by Crippen LogP contribution is -2.47. The Morgan fingerprint density at radius 2 is 2.00 bits per heavy atom. The fourth-order valence-corrected chi connectivity index (χ4v) is 3.48. The quantitative estimate of drug-likeness (QED) is 0.862. The van der Waals surface area contributed by atoms with E-state index in [4.69, 9.17) is 0 Å². The van der Waals surface area contributed by atoms with Gasteiger partial charge < -0.3 is 5.11 Å². The summed E-state index contributed by atoms with van der Waals surface area (Å²) in [6.45, 7) is 0.853. The third kappa shape index (κ3) is 1.92. The Hall–Kier alpha value is -1.37. The zero-order chi connectivity index (χ0) is 12.5. The van der Waals surface area contributed by atoms with Crippen molar-refractivity contribution in [1.29, 1.82) is 5.26 Å². The standard InChI is InChI=1S/C15H18N2O/c16-9-12-8-14-15(18)7-6-13(12)17(14)10-11-4-2-1-3-5-11/h1-5,12-15,18H,6-8,10H2/t12-,13+,14+,15+/m0/s1.